The summed E-state index contributed by atoms with van der Waals surface area (Å²) in [6, 6.07) is 10.5. The lowest BCUT2D eigenvalue weighted by atomic mass is 9.99. The topological polar surface area (TPSA) is 107 Å². The number of rotatable bonds is 5. The normalized spacial score (nSPS) is 19.1. The zero-order valence-electron chi connectivity index (χ0n) is 18.8. The second kappa shape index (κ2) is 9.79. The molecule has 0 unspecified atom stereocenters. The number of aliphatic hydroxyl groups excluding tert-OH is 1. The SMILES string of the molecule is CC(=O)N(C)C[C@H]1Oc2ncc(-c3cccc(C#N)c3)cc2C(=O)N([C@@H](C)CO)C[C@H]1C. The van der Waals surface area contributed by atoms with E-state index in [1.807, 2.05) is 13.0 Å². The zero-order chi connectivity index (χ0) is 23.4. The summed E-state index contributed by atoms with van der Waals surface area (Å²) in [5, 5.41) is 19.0. The number of ether oxygens (including phenoxy) is 1. The average molecular weight is 437 g/mol. The summed E-state index contributed by atoms with van der Waals surface area (Å²) in [6.07, 6.45) is 1.23. The Morgan fingerprint density at radius 2 is 2.16 bits per heavy atom. The quantitative estimate of drug-likeness (QED) is 0.771. The second-order valence-corrected chi connectivity index (χ2v) is 8.29. The van der Waals surface area contributed by atoms with Crippen LogP contribution in [0.15, 0.2) is 36.5 Å². The number of pyridine rings is 1. The summed E-state index contributed by atoms with van der Waals surface area (Å²) in [4.78, 5) is 32.9. The highest BCUT2D eigenvalue weighted by Crippen LogP contribution is 2.30. The van der Waals surface area contributed by atoms with E-state index in [1.54, 1.807) is 54.2 Å². The van der Waals surface area contributed by atoms with Crippen molar-refractivity contribution in [2.45, 2.75) is 32.9 Å². The van der Waals surface area contributed by atoms with E-state index in [0.29, 0.717) is 24.2 Å². The molecular weight excluding hydrogens is 408 g/mol. The van der Waals surface area contributed by atoms with Gasteiger partial charge in [0, 0.05) is 38.2 Å². The first kappa shape index (κ1) is 23.2. The Kier molecular flexibility index (Phi) is 7.11. The van der Waals surface area contributed by atoms with Crippen LogP contribution in [0.3, 0.4) is 0 Å². The lowest BCUT2D eigenvalue weighted by molar-refractivity contribution is -0.129. The third kappa shape index (κ3) is 4.89. The lowest BCUT2D eigenvalue weighted by Crippen LogP contribution is -2.50. The maximum atomic E-state index is 13.5. The Hall–Kier alpha value is -3.44. The van der Waals surface area contributed by atoms with E-state index in [9.17, 15) is 20.0 Å². The Labute approximate surface area is 188 Å². The van der Waals surface area contributed by atoms with Gasteiger partial charge in [-0.05, 0) is 30.7 Å². The fourth-order valence-electron chi connectivity index (χ4n) is 3.64. The van der Waals surface area contributed by atoms with Crippen molar-refractivity contribution in [1.29, 1.82) is 5.26 Å². The molecule has 1 aromatic heterocycles. The number of carbonyl (C=O) groups excluding carboxylic acids is 2. The van der Waals surface area contributed by atoms with E-state index >= 15 is 0 Å². The number of fused-ring (bicyclic) bond motifs is 1. The summed E-state index contributed by atoms with van der Waals surface area (Å²) in [6.45, 7) is 5.77. The first-order valence-corrected chi connectivity index (χ1v) is 10.6. The number of likely N-dealkylation sites (N-methyl/N-ethyl adjacent to an activating group) is 1. The number of hydrogen-bond donors (Lipinski definition) is 1. The highest BCUT2D eigenvalue weighted by Gasteiger charge is 2.34. The van der Waals surface area contributed by atoms with Gasteiger partial charge in [-0.2, -0.15) is 5.26 Å². The zero-order valence-corrected chi connectivity index (χ0v) is 18.8. The molecule has 2 aromatic rings. The molecule has 0 aliphatic carbocycles. The van der Waals surface area contributed by atoms with Gasteiger partial charge in [-0.25, -0.2) is 4.98 Å². The number of nitriles is 1. The Balaban J connectivity index is 2.07. The lowest BCUT2D eigenvalue weighted by Gasteiger charge is -2.37. The molecule has 0 fully saturated rings. The number of nitrogens with zero attached hydrogens (tertiary/aromatic N) is 4. The van der Waals surface area contributed by atoms with E-state index in [2.05, 4.69) is 11.1 Å². The van der Waals surface area contributed by atoms with Gasteiger partial charge >= 0.3 is 0 Å². The predicted octanol–water partition coefficient (Wildman–Crippen LogP) is 2.32. The van der Waals surface area contributed by atoms with Crippen LogP contribution < -0.4 is 4.74 Å². The van der Waals surface area contributed by atoms with Gasteiger partial charge in [0.15, 0.2) is 0 Å². The molecule has 8 heteroatoms. The molecular formula is C24H28N4O4. The summed E-state index contributed by atoms with van der Waals surface area (Å²) < 4.78 is 6.17. The summed E-state index contributed by atoms with van der Waals surface area (Å²) in [7, 11) is 1.70. The van der Waals surface area contributed by atoms with Crippen LogP contribution in [0.5, 0.6) is 5.88 Å². The summed E-state index contributed by atoms with van der Waals surface area (Å²) in [5.74, 6) is -0.270. The molecule has 1 aliphatic heterocycles. The number of aromatic nitrogens is 1. The maximum Gasteiger partial charge on any atom is 0.259 e. The van der Waals surface area contributed by atoms with Crippen LogP contribution >= 0.6 is 0 Å². The number of carbonyl (C=O) groups is 2. The largest absolute Gasteiger partial charge is 0.472 e. The molecule has 1 aliphatic rings. The maximum absolute atomic E-state index is 13.5. The van der Waals surface area contributed by atoms with Crippen molar-refractivity contribution in [2.24, 2.45) is 5.92 Å². The van der Waals surface area contributed by atoms with Crippen molar-refractivity contribution in [3.8, 4) is 23.1 Å². The monoisotopic (exact) mass is 436 g/mol. The van der Waals surface area contributed by atoms with Gasteiger partial charge in [0.2, 0.25) is 11.8 Å². The van der Waals surface area contributed by atoms with Crippen molar-refractivity contribution >= 4 is 11.8 Å². The minimum Gasteiger partial charge on any atom is -0.472 e. The fraction of sp³-hybridized carbons (Fsp3) is 0.417. The van der Waals surface area contributed by atoms with E-state index in [4.69, 9.17) is 4.74 Å². The Morgan fingerprint density at radius 3 is 2.81 bits per heavy atom. The van der Waals surface area contributed by atoms with Crippen LogP contribution in [0, 0.1) is 17.2 Å². The molecule has 3 rings (SSSR count). The molecule has 3 atom stereocenters. The number of aliphatic hydroxyl groups is 1. The molecule has 168 valence electrons. The smallest absolute Gasteiger partial charge is 0.259 e. The molecule has 0 saturated heterocycles. The second-order valence-electron chi connectivity index (χ2n) is 8.29. The van der Waals surface area contributed by atoms with Gasteiger partial charge in [-0.15, -0.1) is 0 Å². The third-order valence-electron chi connectivity index (χ3n) is 5.84. The molecule has 32 heavy (non-hydrogen) atoms. The first-order valence-electron chi connectivity index (χ1n) is 10.6. The Morgan fingerprint density at radius 1 is 1.41 bits per heavy atom. The molecule has 0 bridgehead atoms. The van der Waals surface area contributed by atoms with Gasteiger partial charge in [0.25, 0.3) is 5.91 Å². The van der Waals surface area contributed by atoms with Crippen LogP contribution in [-0.4, -0.2) is 70.6 Å². The molecule has 1 aromatic carbocycles. The number of amides is 2. The standard InChI is InChI=1S/C24H28N4O4/c1-15-12-28(16(2)14-29)24(31)21-9-20(19-7-5-6-18(8-19)10-25)11-26-23(21)32-22(15)13-27(4)17(3)30/h5-9,11,15-16,22,29H,12-14H2,1-4H3/t15-,16+,22-/m1/s1. The van der Waals surface area contributed by atoms with Gasteiger partial charge < -0.3 is 19.6 Å². The predicted molar refractivity (Wildman–Crippen MR) is 119 cm³/mol. The molecule has 2 amide bonds. The molecule has 0 saturated carbocycles. The van der Waals surface area contributed by atoms with Crippen molar-refractivity contribution in [2.75, 3.05) is 26.7 Å². The van der Waals surface area contributed by atoms with Crippen LogP contribution in [-0.2, 0) is 4.79 Å². The van der Waals surface area contributed by atoms with Crippen LogP contribution in [0.25, 0.3) is 11.1 Å². The van der Waals surface area contributed by atoms with Crippen molar-refractivity contribution in [1.82, 2.24) is 14.8 Å². The third-order valence-corrected chi connectivity index (χ3v) is 5.84. The van der Waals surface area contributed by atoms with Crippen molar-refractivity contribution in [3.63, 3.8) is 0 Å². The molecule has 1 N–H and O–H groups in total. The van der Waals surface area contributed by atoms with Crippen LogP contribution in [0.4, 0.5) is 0 Å². The summed E-state index contributed by atoms with van der Waals surface area (Å²) >= 11 is 0. The molecule has 8 nitrogen and oxygen atoms in total. The Bertz CT molecular complexity index is 1050. The van der Waals surface area contributed by atoms with Gasteiger partial charge in [-0.3, -0.25) is 9.59 Å². The summed E-state index contributed by atoms with van der Waals surface area (Å²) in [5.41, 5.74) is 2.23. The fourth-order valence-corrected chi connectivity index (χ4v) is 3.64. The average Bonchev–Trinajstić information content (AvgIpc) is 2.80. The molecule has 0 spiro atoms. The van der Waals surface area contributed by atoms with Crippen LogP contribution in [0.1, 0.15) is 36.7 Å². The molecule has 0 radical (unpaired) electrons. The van der Waals surface area contributed by atoms with Gasteiger partial charge in [0.05, 0.1) is 30.8 Å². The first-order chi connectivity index (χ1) is 15.2. The van der Waals surface area contributed by atoms with E-state index < -0.39 is 6.04 Å². The highest BCUT2D eigenvalue weighted by molar-refractivity contribution is 5.98. The number of benzene rings is 1. The number of hydrogen-bond acceptors (Lipinski definition) is 6. The van der Waals surface area contributed by atoms with Gasteiger partial charge in [0.1, 0.15) is 11.7 Å². The molecule has 2 heterocycles. The van der Waals surface area contributed by atoms with Crippen molar-refractivity contribution in [3.05, 3.63) is 47.7 Å². The van der Waals surface area contributed by atoms with E-state index in [1.165, 1.54) is 6.92 Å². The van der Waals surface area contributed by atoms with Crippen LogP contribution in [0.2, 0.25) is 0 Å². The van der Waals surface area contributed by atoms with E-state index in [0.717, 1.165) is 5.56 Å². The van der Waals surface area contributed by atoms with Gasteiger partial charge in [-0.1, -0.05) is 19.1 Å². The highest BCUT2D eigenvalue weighted by atomic mass is 16.5. The van der Waals surface area contributed by atoms with Crippen molar-refractivity contribution < 1.29 is 19.4 Å². The minimum atomic E-state index is -0.396. The minimum absolute atomic E-state index is 0.0829. The van der Waals surface area contributed by atoms with E-state index in [-0.39, 0.29) is 41.9 Å².